The second-order valence-electron chi connectivity index (χ2n) is 10.4. The number of allylic oxidation sites excluding steroid dienone is 3. The Hall–Kier alpha value is -1.02. The maximum absolute atomic E-state index is 12.4. The maximum Gasteiger partial charge on any atom is 0.472 e. The zero-order valence-corrected chi connectivity index (χ0v) is 24.4. The van der Waals surface area contributed by atoms with Crippen LogP contribution in [0.4, 0.5) is 0 Å². The molecular weight excluding hydrogens is 479 g/mol. The van der Waals surface area contributed by atoms with Crippen molar-refractivity contribution in [3.63, 3.8) is 0 Å². The van der Waals surface area contributed by atoms with Gasteiger partial charge in [-0.3, -0.25) is 13.8 Å². The molecule has 0 heterocycles. The van der Waals surface area contributed by atoms with Crippen molar-refractivity contribution < 1.29 is 32.9 Å². The summed E-state index contributed by atoms with van der Waals surface area (Å²) in [5.41, 5.74) is 0. The van der Waals surface area contributed by atoms with Crippen molar-refractivity contribution in [3.8, 4) is 0 Å². The molecule has 0 aliphatic rings. The molecule has 9 heteroatoms. The molecule has 0 aromatic rings. The highest BCUT2D eigenvalue weighted by Crippen LogP contribution is 2.43. The molecule has 3 unspecified atom stereocenters. The fourth-order valence-corrected chi connectivity index (χ4v) is 4.08. The summed E-state index contributed by atoms with van der Waals surface area (Å²) in [5, 5.41) is 13.4. The van der Waals surface area contributed by atoms with Crippen LogP contribution in [0.3, 0.4) is 0 Å². The normalized spacial score (nSPS) is 15.9. The Labute approximate surface area is 220 Å². The molecule has 0 aliphatic carbocycles. The Morgan fingerprint density at radius 3 is 2.19 bits per heavy atom. The Bertz CT molecular complexity index is 663. The van der Waals surface area contributed by atoms with E-state index in [1.807, 2.05) is 27.2 Å². The minimum Gasteiger partial charge on any atom is -0.387 e. The van der Waals surface area contributed by atoms with Crippen molar-refractivity contribution in [1.29, 1.82) is 0 Å². The number of aliphatic hydroxyl groups excluding tert-OH is 1. The zero-order valence-electron chi connectivity index (χ0n) is 23.5. The van der Waals surface area contributed by atoms with Crippen LogP contribution in [0.2, 0.25) is 0 Å². The number of nitrogens with one attached hydrogen (secondary N) is 1. The van der Waals surface area contributed by atoms with E-state index in [0.29, 0.717) is 17.4 Å². The van der Waals surface area contributed by atoms with Crippen molar-refractivity contribution in [3.05, 3.63) is 24.3 Å². The average Bonchev–Trinajstić information content (AvgIpc) is 2.79. The van der Waals surface area contributed by atoms with E-state index in [-0.39, 0.29) is 19.1 Å². The number of phosphoric acid groups is 1. The van der Waals surface area contributed by atoms with Crippen molar-refractivity contribution >= 4 is 13.7 Å². The number of phosphoric ester groups is 1. The van der Waals surface area contributed by atoms with Crippen LogP contribution >= 0.6 is 7.82 Å². The van der Waals surface area contributed by atoms with Crippen LogP contribution in [0, 0.1) is 0 Å². The number of hydrogen-bond acceptors (Lipinski definition) is 5. The van der Waals surface area contributed by atoms with Gasteiger partial charge in [0.05, 0.1) is 39.9 Å². The summed E-state index contributed by atoms with van der Waals surface area (Å²) in [7, 11) is 1.54. The van der Waals surface area contributed by atoms with Crippen molar-refractivity contribution in [2.24, 2.45) is 0 Å². The molecule has 0 saturated carbocycles. The first-order chi connectivity index (χ1) is 17.0. The number of carbonyl (C=O) groups excluding carboxylic acids is 1. The van der Waals surface area contributed by atoms with Crippen LogP contribution in [0.5, 0.6) is 0 Å². The SMILES string of the molecule is CCCCC/C=C/CC/C=C/C(O)C(COP(=O)(O)OCC[N+](C)(C)C)NC(=O)CCCCCCC. The van der Waals surface area contributed by atoms with E-state index in [0.717, 1.165) is 51.4 Å². The number of amides is 1. The van der Waals surface area contributed by atoms with Gasteiger partial charge in [-0.25, -0.2) is 4.57 Å². The summed E-state index contributed by atoms with van der Waals surface area (Å²) in [5.74, 6) is -0.207. The Morgan fingerprint density at radius 1 is 0.917 bits per heavy atom. The van der Waals surface area contributed by atoms with Gasteiger partial charge in [0.1, 0.15) is 13.2 Å². The van der Waals surface area contributed by atoms with Crippen molar-refractivity contribution in [1.82, 2.24) is 5.32 Å². The molecule has 212 valence electrons. The summed E-state index contributed by atoms with van der Waals surface area (Å²) in [6.07, 6.45) is 18.6. The highest BCUT2D eigenvalue weighted by molar-refractivity contribution is 7.47. The predicted molar refractivity (Wildman–Crippen MR) is 148 cm³/mol. The summed E-state index contributed by atoms with van der Waals surface area (Å²) >= 11 is 0. The van der Waals surface area contributed by atoms with E-state index in [4.69, 9.17) is 9.05 Å². The molecule has 8 nitrogen and oxygen atoms in total. The highest BCUT2D eigenvalue weighted by atomic mass is 31.2. The quantitative estimate of drug-likeness (QED) is 0.0693. The molecule has 0 rings (SSSR count). The molecule has 0 bridgehead atoms. The third-order valence-corrected chi connectivity index (χ3v) is 6.66. The minimum atomic E-state index is -4.31. The molecule has 0 radical (unpaired) electrons. The second kappa shape index (κ2) is 21.0. The van der Waals surface area contributed by atoms with Crippen LogP contribution in [-0.2, 0) is 18.4 Å². The van der Waals surface area contributed by atoms with Crippen LogP contribution in [0.25, 0.3) is 0 Å². The van der Waals surface area contributed by atoms with Gasteiger partial charge in [0.15, 0.2) is 0 Å². The fourth-order valence-electron chi connectivity index (χ4n) is 3.35. The summed E-state index contributed by atoms with van der Waals surface area (Å²) in [6.45, 7) is 4.59. The number of hydrogen-bond donors (Lipinski definition) is 3. The number of carbonyl (C=O) groups is 1. The fraction of sp³-hybridized carbons (Fsp3) is 0.815. The number of unbranched alkanes of at least 4 members (excludes halogenated alkanes) is 8. The molecule has 1 amide bonds. The van der Waals surface area contributed by atoms with Gasteiger partial charge in [0, 0.05) is 6.42 Å². The topological polar surface area (TPSA) is 105 Å². The van der Waals surface area contributed by atoms with Gasteiger partial charge in [-0.1, -0.05) is 76.7 Å². The molecule has 3 atom stereocenters. The first-order valence-electron chi connectivity index (χ1n) is 13.7. The third kappa shape index (κ3) is 22.2. The smallest absolute Gasteiger partial charge is 0.387 e. The first kappa shape index (κ1) is 35.0. The monoisotopic (exact) mass is 533 g/mol. The van der Waals surface area contributed by atoms with Gasteiger partial charge in [-0.15, -0.1) is 0 Å². The number of likely N-dealkylation sites (N-methyl/N-ethyl adjacent to an activating group) is 1. The largest absolute Gasteiger partial charge is 0.472 e. The van der Waals surface area contributed by atoms with Crippen LogP contribution in [0.1, 0.15) is 90.9 Å². The van der Waals surface area contributed by atoms with E-state index < -0.39 is 20.0 Å². The lowest BCUT2D eigenvalue weighted by Crippen LogP contribution is -2.45. The van der Waals surface area contributed by atoms with Crippen molar-refractivity contribution in [2.45, 2.75) is 103 Å². The third-order valence-electron chi connectivity index (χ3n) is 5.67. The maximum atomic E-state index is 12.4. The molecule has 0 aliphatic heterocycles. The van der Waals surface area contributed by atoms with E-state index >= 15 is 0 Å². The van der Waals surface area contributed by atoms with Crippen LogP contribution in [-0.4, -0.2) is 73.4 Å². The summed E-state index contributed by atoms with van der Waals surface area (Å²) in [4.78, 5) is 22.5. The molecule has 0 saturated heterocycles. The molecule has 0 aromatic heterocycles. The lowest BCUT2D eigenvalue weighted by Gasteiger charge is -2.25. The lowest BCUT2D eigenvalue weighted by atomic mass is 10.1. The van der Waals surface area contributed by atoms with E-state index in [9.17, 15) is 19.4 Å². The first-order valence-corrected chi connectivity index (χ1v) is 15.2. The van der Waals surface area contributed by atoms with E-state index in [1.165, 1.54) is 19.3 Å². The van der Waals surface area contributed by atoms with Crippen LogP contribution < -0.4 is 5.32 Å². The van der Waals surface area contributed by atoms with Gasteiger partial charge in [-0.2, -0.15) is 0 Å². The number of aliphatic hydroxyl groups is 1. The zero-order chi connectivity index (χ0) is 27.3. The predicted octanol–water partition coefficient (Wildman–Crippen LogP) is 5.51. The van der Waals surface area contributed by atoms with Gasteiger partial charge in [0.25, 0.3) is 0 Å². The Morgan fingerprint density at radius 2 is 1.53 bits per heavy atom. The van der Waals surface area contributed by atoms with Crippen molar-refractivity contribution in [2.75, 3.05) is 40.9 Å². The van der Waals surface area contributed by atoms with Gasteiger partial charge in [0.2, 0.25) is 5.91 Å². The van der Waals surface area contributed by atoms with Gasteiger partial charge < -0.3 is 19.8 Å². The molecule has 0 spiro atoms. The summed E-state index contributed by atoms with van der Waals surface area (Å²) < 4.78 is 23.1. The number of rotatable bonds is 23. The summed E-state index contributed by atoms with van der Waals surface area (Å²) in [6, 6.07) is -0.851. The molecule has 0 aromatic carbocycles. The Balaban J connectivity index is 4.80. The van der Waals surface area contributed by atoms with Gasteiger partial charge in [-0.05, 0) is 32.1 Å². The van der Waals surface area contributed by atoms with Crippen LogP contribution in [0.15, 0.2) is 24.3 Å². The molecule has 0 fully saturated rings. The lowest BCUT2D eigenvalue weighted by molar-refractivity contribution is -0.870. The van der Waals surface area contributed by atoms with E-state index in [2.05, 4.69) is 31.3 Å². The standard InChI is InChI=1S/C27H53N2O6P/c1-6-8-10-12-13-14-15-17-18-20-26(30)25(28-27(31)21-19-16-11-9-7-2)24-35-36(32,33)34-23-22-29(3,4)5/h13-14,18,20,25-26,30H,6-12,15-17,19,21-24H2,1-5H3,(H-,28,31,32,33)/p+1/b14-13+,20-18+. The second-order valence-corrected chi connectivity index (χ2v) is 11.9. The minimum absolute atomic E-state index is 0.0560. The molecular formula is C27H54N2O6P+. The average molecular weight is 534 g/mol. The molecule has 3 N–H and O–H groups in total. The number of nitrogens with zero attached hydrogens (tertiary/aromatic N) is 1. The molecule has 36 heavy (non-hydrogen) atoms. The van der Waals surface area contributed by atoms with Gasteiger partial charge >= 0.3 is 7.82 Å². The Kier molecular flexibility index (Phi) is 20.4. The highest BCUT2D eigenvalue weighted by Gasteiger charge is 2.27. The van der Waals surface area contributed by atoms with E-state index in [1.54, 1.807) is 6.08 Å². The number of quaternary nitrogens is 1.